The zero-order valence-electron chi connectivity index (χ0n) is 8.79. The Kier molecular flexibility index (Phi) is 2.78. The molecule has 2 nitrogen and oxygen atoms in total. The van der Waals surface area contributed by atoms with Gasteiger partial charge < -0.3 is 4.90 Å². The van der Waals surface area contributed by atoms with Crippen molar-refractivity contribution in [3.8, 4) is 12.3 Å². The summed E-state index contributed by atoms with van der Waals surface area (Å²) in [6.45, 7) is 0.655. The highest BCUT2D eigenvalue weighted by atomic mass is 19.3. The zero-order valence-corrected chi connectivity index (χ0v) is 8.79. The molecule has 84 valence electrons. The Morgan fingerprint density at radius 3 is 2.62 bits per heavy atom. The summed E-state index contributed by atoms with van der Waals surface area (Å²) in [5, 5.41) is 0. The molecular weight excluding hydrogens is 210 g/mol. The van der Waals surface area contributed by atoms with Crippen LogP contribution in [-0.4, -0.2) is 24.0 Å². The Morgan fingerprint density at radius 2 is 2.00 bits per heavy atom. The molecule has 0 unspecified atom stereocenters. The van der Waals surface area contributed by atoms with Crippen molar-refractivity contribution in [1.82, 2.24) is 4.98 Å². The number of hydrogen-bond donors (Lipinski definition) is 0. The summed E-state index contributed by atoms with van der Waals surface area (Å²) < 4.78 is 25.9. The number of aromatic nitrogens is 1. The van der Waals surface area contributed by atoms with Gasteiger partial charge >= 0.3 is 0 Å². The Hall–Kier alpha value is -1.63. The molecule has 0 spiro atoms. The van der Waals surface area contributed by atoms with E-state index in [1.165, 1.54) is 0 Å². The molecule has 0 amide bonds. The quantitative estimate of drug-likeness (QED) is 0.678. The van der Waals surface area contributed by atoms with Crippen LogP contribution in [-0.2, 0) is 0 Å². The van der Waals surface area contributed by atoms with E-state index in [-0.39, 0.29) is 12.8 Å². The molecule has 0 bridgehead atoms. The normalized spacial score (nSPS) is 19.2. The minimum atomic E-state index is -2.53. The third-order valence-electron chi connectivity index (χ3n) is 2.70. The molecule has 1 aliphatic heterocycles. The number of alkyl halides is 2. The van der Waals surface area contributed by atoms with Crippen LogP contribution >= 0.6 is 0 Å². The third-order valence-corrected chi connectivity index (χ3v) is 2.70. The van der Waals surface area contributed by atoms with Gasteiger partial charge in [-0.1, -0.05) is 12.0 Å². The Labute approximate surface area is 93.3 Å². The van der Waals surface area contributed by atoms with Crippen LogP contribution in [0.3, 0.4) is 0 Å². The number of pyridine rings is 1. The average Bonchev–Trinajstić information content (AvgIpc) is 2.29. The van der Waals surface area contributed by atoms with Crippen LogP contribution in [0.4, 0.5) is 14.6 Å². The number of hydrogen-bond acceptors (Lipinski definition) is 2. The van der Waals surface area contributed by atoms with Crippen molar-refractivity contribution in [2.45, 2.75) is 18.8 Å². The SMILES string of the molecule is C#Cc1cccc(N2CCC(F)(F)CC2)n1. The van der Waals surface area contributed by atoms with Crippen LogP contribution < -0.4 is 4.90 Å². The van der Waals surface area contributed by atoms with Crippen molar-refractivity contribution in [3.05, 3.63) is 23.9 Å². The molecule has 1 aromatic heterocycles. The molecule has 4 heteroatoms. The minimum Gasteiger partial charge on any atom is -0.356 e. The number of piperidine rings is 1. The number of terminal acetylenes is 1. The summed E-state index contributed by atoms with van der Waals surface area (Å²) in [6.07, 6.45) is 5.01. The second-order valence-corrected chi connectivity index (χ2v) is 3.87. The van der Waals surface area contributed by atoms with Crippen LogP contribution in [0.2, 0.25) is 0 Å². The lowest BCUT2D eigenvalue weighted by molar-refractivity contribution is -0.0221. The summed E-state index contributed by atoms with van der Waals surface area (Å²) in [4.78, 5) is 6.05. The molecule has 1 aromatic rings. The average molecular weight is 222 g/mol. The number of rotatable bonds is 1. The maximum Gasteiger partial charge on any atom is 0.251 e. The predicted octanol–water partition coefficient (Wildman–Crippen LogP) is 2.30. The third kappa shape index (κ3) is 2.30. The maximum atomic E-state index is 13.0. The molecule has 0 aromatic carbocycles. The lowest BCUT2D eigenvalue weighted by Crippen LogP contribution is -2.39. The zero-order chi connectivity index (χ0) is 11.6. The number of nitrogens with zero attached hydrogens (tertiary/aromatic N) is 2. The van der Waals surface area contributed by atoms with E-state index in [4.69, 9.17) is 6.42 Å². The predicted molar refractivity (Wildman–Crippen MR) is 58.6 cm³/mol. The van der Waals surface area contributed by atoms with Crippen LogP contribution in [0.5, 0.6) is 0 Å². The van der Waals surface area contributed by atoms with E-state index in [1.54, 1.807) is 18.2 Å². The van der Waals surface area contributed by atoms with Gasteiger partial charge in [0.1, 0.15) is 11.5 Å². The summed E-state index contributed by atoms with van der Waals surface area (Å²) in [7, 11) is 0. The first-order valence-corrected chi connectivity index (χ1v) is 5.17. The Balaban J connectivity index is 2.11. The van der Waals surface area contributed by atoms with E-state index in [2.05, 4.69) is 10.9 Å². The maximum absolute atomic E-state index is 13.0. The second kappa shape index (κ2) is 4.09. The van der Waals surface area contributed by atoms with Gasteiger partial charge in [-0.05, 0) is 12.1 Å². The van der Waals surface area contributed by atoms with Crippen molar-refractivity contribution < 1.29 is 8.78 Å². The van der Waals surface area contributed by atoms with E-state index in [1.807, 2.05) is 4.90 Å². The fourth-order valence-corrected chi connectivity index (χ4v) is 1.74. The lowest BCUT2D eigenvalue weighted by atomic mass is 10.1. The molecule has 2 heterocycles. The first-order chi connectivity index (χ1) is 7.61. The molecule has 1 aliphatic rings. The van der Waals surface area contributed by atoms with Gasteiger partial charge in [0, 0.05) is 25.9 Å². The highest BCUT2D eigenvalue weighted by molar-refractivity contribution is 5.42. The van der Waals surface area contributed by atoms with Gasteiger partial charge in [-0.15, -0.1) is 6.42 Å². The fraction of sp³-hybridized carbons (Fsp3) is 0.417. The molecule has 1 fully saturated rings. The molecule has 0 aliphatic carbocycles. The largest absolute Gasteiger partial charge is 0.356 e. The monoisotopic (exact) mass is 222 g/mol. The van der Waals surface area contributed by atoms with Gasteiger partial charge in [0.2, 0.25) is 0 Å². The molecule has 2 rings (SSSR count). The molecule has 0 saturated carbocycles. The van der Waals surface area contributed by atoms with Crippen LogP contribution in [0.1, 0.15) is 18.5 Å². The molecule has 1 saturated heterocycles. The van der Waals surface area contributed by atoms with Crippen molar-refractivity contribution in [2.75, 3.05) is 18.0 Å². The van der Waals surface area contributed by atoms with Crippen molar-refractivity contribution in [1.29, 1.82) is 0 Å². The van der Waals surface area contributed by atoms with Crippen LogP contribution in [0.25, 0.3) is 0 Å². The molecule has 0 N–H and O–H groups in total. The Morgan fingerprint density at radius 1 is 1.31 bits per heavy atom. The van der Waals surface area contributed by atoms with E-state index in [0.29, 0.717) is 24.6 Å². The van der Waals surface area contributed by atoms with Crippen molar-refractivity contribution in [2.24, 2.45) is 0 Å². The smallest absolute Gasteiger partial charge is 0.251 e. The van der Waals surface area contributed by atoms with Crippen LogP contribution in [0, 0.1) is 12.3 Å². The van der Waals surface area contributed by atoms with E-state index in [0.717, 1.165) is 0 Å². The van der Waals surface area contributed by atoms with Gasteiger partial charge in [0.05, 0.1) is 0 Å². The topological polar surface area (TPSA) is 16.1 Å². The fourth-order valence-electron chi connectivity index (χ4n) is 1.74. The second-order valence-electron chi connectivity index (χ2n) is 3.87. The lowest BCUT2D eigenvalue weighted by Gasteiger charge is -2.32. The van der Waals surface area contributed by atoms with Gasteiger partial charge in [-0.25, -0.2) is 13.8 Å². The number of anilines is 1. The first-order valence-electron chi connectivity index (χ1n) is 5.17. The first kappa shape index (κ1) is 10.9. The van der Waals surface area contributed by atoms with Gasteiger partial charge in [-0.3, -0.25) is 0 Å². The summed E-state index contributed by atoms with van der Waals surface area (Å²) in [5.74, 6) is 0.595. The van der Waals surface area contributed by atoms with Crippen LogP contribution in [0.15, 0.2) is 18.2 Å². The van der Waals surface area contributed by atoms with Crippen molar-refractivity contribution >= 4 is 5.82 Å². The summed E-state index contributed by atoms with van der Waals surface area (Å²) >= 11 is 0. The summed E-state index contributed by atoms with van der Waals surface area (Å²) in [6, 6.07) is 5.32. The van der Waals surface area contributed by atoms with E-state index in [9.17, 15) is 8.78 Å². The van der Waals surface area contributed by atoms with E-state index >= 15 is 0 Å². The minimum absolute atomic E-state index is 0.116. The highest BCUT2D eigenvalue weighted by Crippen LogP contribution is 2.29. The van der Waals surface area contributed by atoms with Gasteiger partial charge in [0.25, 0.3) is 5.92 Å². The molecular formula is C12H12F2N2. The standard InChI is InChI=1S/C12H12F2N2/c1-2-10-4-3-5-11(15-10)16-8-6-12(13,14)7-9-16/h1,3-5H,6-9H2. The van der Waals surface area contributed by atoms with Gasteiger partial charge in [-0.2, -0.15) is 0 Å². The highest BCUT2D eigenvalue weighted by Gasteiger charge is 2.34. The molecule has 16 heavy (non-hydrogen) atoms. The van der Waals surface area contributed by atoms with Crippen molar-refractivity contribution in [3.63, 3.8) is 0 Å². The van der Waals surface area contributed by atoms with Gasteiger partial charge in [0.15, 0.2) is 0 Å². The Bertz CT molecular complexity index is 413. The number of halogens is 2. The summed E-state index contributed by atoms with van der Waals surface area (Å²) in [5.41, 5.74) is 0.537. The van der Waals surface area contributed by atoms with E-state index < -0.39 is 5.92 Å². The molecule has 0 atom stereocenters. The molecule has 0 radical (unpaired) electrons.